The highest BCUT2D eigenvalue weighted by molar-refractivity contribution is 5.85. The van der Waals surface area contributed by atoms with Gasteiger partial charge >= 0.3 is 0 Å². The minimum atomic E-state index is -1.16. The Kier molecular flexibility index (Phi) is 3.35. The standard InChI is InChI=1S/C12H17NO2/c1-8(2)13(12(14)15)11-6-9(3)5-10(4)7-11/h5-8H,1-4H3,(H,14,15)/p-1. The number of hydrogen-bond acceptors (Lipinski definition) is 2. The summed E-state index contributed by atoms with van der Waals surface area (Å²) in [7, 11) is 0. The Morgan fingerprint density at radius 3 is 2.00 bits per heavy atom. The SMILES string of the molecule is Cc1cc(C)cc(N(C(=O)[O-])C(C)C)c1. The molecule has 0 unspecified atom stereocenters. The lowest BCUT2D eigenvalue weighted by atomic mass is 10.1. The van der Waals surface area contributed by atoms with Crippen molar-refractivity contribution in [3.05, 3.63) is 29.3 Å². The number of aryl methyl sites for hydroxylation is 2. The van der Waals surface area contributed by atoms with E-state index in [-0.39, 0.29) is 6.04 Å². The maximum absolute atomic E-state index is 11.0. The minimum Gasteiger partial charge on any atom is -0.530 e. The van der Waals surface area contributed by atoms with Gasteiger partial charge in [-0.1, -0.05) is 6.07 Å². The molecule has 0 saturated heterocycles. The molecular weight excluding hydrogens is 190 g/mol. The van der Waals surface area contributed by atoms with Gasteiger partial charge in [0.1, 0.15) is 6.09 Å². The van der Waals surface area contributed by atoms with Crippen LogP contribution >= 0.6 is 0 Å². The zero-order valence-corrected chi connectivity index (χ0v) is 9.57. The number of rotatable bonds is 2. The van der Waals surface area contributed by atoms with E-state index >= 15 is 0 Å². The summed E-state index contributed by atoms with van der Waals surface area (Å²) in [5.74, 6) is 0. The largest absolute Gasteiger partial charge is 0.530 e. The average molecular weight is 206 g/mol. The Morgan fingerprint density at radius 2 is 1.67 bits per heavy atom. The van der Waals surface area contributed by atoms with E-state index in [1.807, 2.05) is 45.9 Å². The third-order valence-electron chi connectivity index (χ3n) is 2.20. The predicted molar refractivity (Wildman–Crippen MR) is 58.9 cm³/mol. The fraction of sp³-hybridized carbons (Fsp3) is 0.417. The predicted octanol–water partition coefficient (Wildman–Crippen LogP) is 1.86. The highest BCUT2D eigenvalue weighted by Gasteiger charge is 2.11. The molecule has 1 aromatic rings. The molecule has 0 aromatic heterocycles. The van der Waals surface area contributed by atoms with Crippen LogP contribution in [0.25, 0.3) is 0 Å². The van der Waals surface area contributed by atoms with E-state index < -0.39 is 6.09 Å². The van der Waals surface area contributed by atoms with Crippen LogP contribution in [0.4, 0.5) is 10.5 Å². The highest BCUT2D eigenvalue weighted by atomic mass is 16.4. The molecule has 0 aliphatic heterocycles. The number of nitrogens with zero attached hydrogens (tertiary/aromatic N) is 1. The summed E-state index contributed by atoms with van der Waals surface area (Å²) in [6.45, 7) is 7.55. The molecule has 0 spiro atoms. The van der Waals surface area contributed by atoms with Gasteiger partial charge < -0.3 is 14.8 Å². The average Bonchev–Trinajstić information content (AvgIpc) is 1.99. The first-order valence-corrected chi connectivity index (χ1v) is 5.00. The number of benzene rings is 1. The van der Waals surface area contributed by atoms with E-state index in [1.54, 1.807) is 0 Å². The fourth-order valence-corrected chi connectivity index (χ4v) is 1.70. The number of carboxylic acid groups (broad SMARTS) is 1. The van der Waals surface area contributed by atoms with E-state index in [0.717, 1.165) is 11.1 Å². The van der Waals surface area contributed by atoms with Crippen LogP contribution in [0, 0.1) is 13.8 Å². The molecular formula is C12H16NO2-. The van der Waals surface area contributed by atoms with Gasteiger partial charge in [0.25, 0.3) is 0 Å². The fourth-order valence-electron chi connectivity index (χ4n) is 1.70. The second-order valence-electron chi connectivity index (χ2n) is 4.08. The molecule has 1 rings (SSSR count). The third kappa shape index (κ3) is 2.72. The van der Waals surface area contributed by atoms with Crippen molar-refractivity contribution in [3.63, 3.8) is 0 Å². The molecule has 1 aromatic carbocycles. The van der Waals surface area contributed by atoms with Crippen molar-refractivity contribution < 1.29 is 9.90 Å². The van der Waals surface area contributed by atoms with E-state index in [1.165, 1.54) is 4.90 Å². The lowest BCUT2D eigenvalue weighted by Gasteiger charge is -2.29. The van der Waals surface area contributed by atoms with Crippen molar-refractivity contribution >= 4 is 11.8 Å². The molecule has 0 N–H and O–H groups in total. The first-order chi connectivity index (χ1) is 6.91. The molecule has 3 nitrogen and oxygen atoms in total. The highest BCUT2D eigenvalue weighted by Crippen LogP contribution is 2.20. The van der Waals surface area contributed by atoms with Crippen molar-refractivity contribution in [1.82, 2.24) is 0 Å². The van der Waals surface area contributed by atoms with Crippen LogP contribution in [0.2, 0.25) is 0 Å². The second kappa shape index (κ2) is 4.34. The number of carbonyl (C=O) groups is 1. The number of hydrogen-bond donors (Lipinski definition) is 0. The number of carbonyl (C=O) groups excluding carboxylic acids is 1. The molecule has 0 fully saturated rings. The van der Waals surface area contributed by atoms with Crippen molar-refractivity contribution in [3.8, 4) is 0 Å². The molecule has 82 valence electrons. The third-order valence-corrected chi connectivity index (χ3v) is 2.20. The Bertz CT molecular complexity index is 352. The van der Waals surface area contributed by atoms with Crippen LogP contribution in [0.1, 0.15) is 25.0 Å². The topological polar surface area (TPSA) is 43.4 Å². The summed E-state index contributed by atoms with van der Waals surface area (Å²) in [4.78, 5) is 12.2. The Hall–Kier alpha value is -1.51. The van der Waals surface area contributed by atoms with Crippen LogP contribution in [0.15, 0.2) is 18.2 Å². The molecule has 0 aliphatic rings. The molecule has 0 heterocycles. The molecule has 0 saturated carbocycles. The maximum Gasteiger partial charge on any atom is 0.141 e. The molecule has 1 amide bonds. The maximum atomic E-state index is 11.0. The van der Waals surface area contributed by atoms with E-state index in [9.17, 15) is 9.90 Å². The van der Waals surface area contributed by atoms with Gasteiger partial charge in [-0.2, -0.15) is 0 Å². The summed E-state index contributed by atoms with van der Waals surface area (Å²) < 4.78 is 0. The summed E-state index contributed by atoms with van der Waals surface area (Å²) in [6, 6.07) is 5.60. The zero-order chi connectivity index (χ0) is 11.6. The van der Waals surface area contributed by atoms with Gasteiger partial charge in [0.2, 0.25) is 0 Å². The quantitative estimate of drug-likeness (QED) is 0.741. The van der Waals surface area contributed by atoms with Gasteiger partial charge in [-0.05, 0) is 51.0 Å². The minimum absolute atomic E-state index is 0.115. The van der Waals surface area contributed by atoms with Crippen molar-refractivity contribution in [2.45, 2.75) is 33.7 Å². The first kappa shape index (κ1) is 11.6. The van der Waals surface area contributed by atoms with Gasteiger partial charge in [0, 0.05) is 11.7 Å². The van der Waals surface area contributed by atoms with Crippen molar-refractivity contribution in [1.29, 1.82) is 0 Å². The first-order valence-electron chi connectivity index (χ1n) is 5.00. The molecule has 0 radical (unpaired) electrons. The molecule has 0 bridgehead atoms. The lowest BCUT2D eigenvalue weighted by Crippen LogP contribution is -2.45. The molecule has 3 heteroatoms. The zero-order valence-electron chi connectivity index (χ0n) is 9.57. The van der Waals surface area contributed by atoms with E-state index in [2.05, 4.69) is 0 Å². The number of anilines is 1. The second-order valence-corrected chi connectivity index (χ2v) is 4.08. The van der Waals surface area contributed by atoms with Gasteiger partial charge in [-0.25, -0.2) is 0 Å². The Balaban J connectivity index is 3.17. The van der Waals surface area contributed by atoms with Gasteiger partial charge in [0.05, 0.1) is 0 Å². The van der Waals surface area contributed by atoms with Gasteiger partial charge in [0.15, 0.2) is 0 Å². The number of amides is 1. The van der Waals surface area contributed by atoms with Crippen molar-refractivity contribution in [2.24, 2.45) is 0 Å². The molecule has 15 heavy (non-hydrogen) atoms. The molecule has 0 aliphatic carbocycles. The van der Waals surface area contributed by atoms with Crippen molar-refractivity contribution in [2.75, 3.05) is 4.90 Å². The van der Waals surface area contributed by atoms with Crippen LogP contribution in [0.3, 0.4) is 0 Å². The summed E-state index contributed by atoms with van der Waals surface area (Å²) in [5.41, 5.74) is 2.79. The summed E-state index contributed by atoms with van der Waals surface area (Å²) >= 11 is 0. The molecule has 0 atom stereocenters. The van der Waals surface area contributed by atoms with Crippen LogP contribution < -0.4 is 10.0 Å². The van der Waals surface area contributed by atoms with E-state index in [4.69, 9.17) is 0 Å². The normalized spacial score (nSPS) is 10.5. The van der Waals surface area contributed by atoms with Crippen LogP contribution in [-0.4, -0.2) is 12.1 Å². The summed E-state index contributed by atoms with van der Waals surface area (Å²) in [5, 5.41) is 11.0. The van der Waals surface area contributed by atoms with Gasteiger partial charge in [-0.3, -0.25) is 0 Å². The van der Waals surface area contributed by atoms with Crippen LogP contribution in [0.5, 0.6) is 0 Å². The monoisotopic (exact) mass is 206 g/mol. The Morgan fingerprint density at radius 1 is 1.20 bits per heavy atom. The summed E-state index contributed by atoms with van der Waals surface area (Å²) in [6.07, 6.45) is -1.16. The smallest absolute Gasteiger partial charge is 0.141 e. The lowest BCUT2D eigenvalue weighted by molar-refractivity contribution is -0.247. The van der Waals surface area contributed by atoms with Crippen LogP contribution in [-0.2, 0) is 0 Å². The van der Waals surface area contributed by atoms with E-state index in [0.29, 0.717) is 5.69 Å². The van der Waals surface area contributed by atoms with Gasteiger partial charge in [-0.15, -0.1) is 0 Å². The Labute approximate surface area is 90.3 Å².